The molecule has 0 saturated heterocycles. The third kappa shape index (κ3) is 8.72. The fourth-order valence-electron chi connectivity index (χ4n) is 3.70. The first-order chi connectivity index (χ1) is 18.1. The van der Waals surface area contributed by atoms with Crippen molar-refractivity contribution in [3.63, 3.8) is 0 Å². The number of carboxylic acids is 4. The summed E-state index contributed by atoms with van der Waals surface area (Å²) in [5.41, 5.74) is 2.90. The third-order valence-electron chi connectivity index (χ3n) is 5.09. The van der Waals surface area contributed by atoms with Gasteiger partial charge in [0.1, 0.15) is 0 Å². The molecule has 0 aromatic carbocycles. The van der Waals surface area contributed by atoms with E-state index in [2.05, 4.69) is 15.0 Å². The van der Waals surface area contributed by atoms with E-state index in [0.717, 1.165) is 0 Å². The van der Waals surface area contributed by atoms with Crippen LogP contribution in [0.2, 0.25) is 0 Å². The van der Waals surface area contributed by atoms with E-state index in [9.17, 15) is 19.2 Å². The molecule has 0 atom stereocenters. The van der Waals surface area contributed by atoms with E-state index in [1.54, 1.807) is 54.6 Å². The molecule has 0 saturated carbocycles. The number of aromatic nitrogens is 3. The summed E-state index contributed by atoms with van der Waals surface area (Å²) in [5.74, 6) is -4.61. The first-order valence-corrected chi connectivity index (χ1v) is 11.3. The highest BCUT2D eigenvalue weighted by Crippen LogP contribution is 2.21. The molecule has 0 aliphatic carbocycles. The molecule has 0 aliphatic rings. The Morgan fingerprint density at radius 3 is 1.11 bits per heavy atom. The second-order valence-electron chi connectivity index (χ2n) is 8.30. The van der Waals surface area contributed by atoms with Crippen molar-refractivity contribution in [1.82, 2.24) is 24.8 Å². The molecule has 0 unspecified atom stereocenters. The quantitative estimate of drug-likeness (QED) is 0.235. The molecule has 0 radical (unpaired) electrons. The Kier molecular flexibility index (Phi) is 9.51. The fourth-order valence-corrected chi connectivity index (χ4v) is 3.70. The van der Waals surface area contributed by atoms with Crippen molar-refractivity contribution in [1.29, 1.82) is 0 Å². The second-order valence-corrected chi connectivity index (χ2v) is 8.30. The maximum Gasteiger partial charge on any atom is 0.317 e. The van der Waals surface area contributed by atoms with Gasteiger partial charge in [0.25, 0.3) is 0 Å². The molecule has 13 heteroatoms. The topological polar surface area (TPSA) is 194 Å². The van der Waals surface area contributed by atoms with E-state index in [4.69, 9.17) is 20.4 Å². The lowest BCUT2D eigenvalue weighted by atomic mass is 10.1. The van der Waals surface area contributed by atoms with Crippen molar-refractivity contribution in [2.45, 2.75) is 13.1 Å². The molecular formula is C25H25N5O8. The Labute approximate surface area is 216 Å². The minimum absolute atomic E-state index is 0.0128. The van der Waals surface area contributed by atoms with Gasteiger partial charge in [0, 0.05) is 13.1 Å². The van der Waals surface area contributed by atoms with Crippen LogP contribution in [0.1, 0.15) is 11.4 Å². The normalized spacial score (nSPS) is 11.0. The van der Waals surface area contributed by atoms with Gasteiger partial charge in [0.05, 0.1) is 60.3 Å². The number of pyridine rings is 3. The predicted octanol–water partition coefficient (Wildman–Crippen LogP) is 1.15. The van der Waals surface area contributed by atoms with Crippen LogP contribution in [0.3, 0.4) is 0 Å². The van der Waals surface area contributed by atoms with Crippen LogP contribution in [0.25, 0.3) is 22.8 Å². The second kappa shape index (κ2) is 13.0. The highest BCUT2D eigenvalue weighted by molar-refractivity contribution is 5.73. The zero-order chi connectivity index (χ0) is 27.7. The molecule has 0 spiro atoms. The fraction of sp³-hybridized carbons (Fsp3) is 0.240. The monoisotopic (exact) mass is 523 g/mol. The van der Waals surface area contributed by atoms with Gasteiger partial charge in [-0.1, -0.05) is 18.2 Å². The van der Waals surface area contributed by atoms with E-state index in [1.165, 1.54) is 9.80 Å². The highest BCUT2D eigenvalue weighted by Gasteiger charge is 2.17. The van der Waals surface area contributed by atoms with E-state index >= 15 is 0 Å². The van der Waals surface area contributed by atoms with Crippen LogP contribution in [-0.4, -0.2) is 95.2 Å². The van der Waals surface area contributed by atoms with E-state index in [1.807, 2.05) is 0 Å². The number of aliphatic carboxylic acids is 4. The lowest BCUT2D eigenvalue weighted by Crippen LogP contribution is -2.34. The van der Waals surface area contributed by atoms with E-state index in [-0.39, 0.29) is 13.1 Å². The van der Waals surface area contributed by atoms with Crippen LogP contribution in [0, 0.1) is 0 Å². The Morgan fingerprint density at radius 2 is 0.789 bits per heavy atom. The van der Waals surface area contributed by atoms with Crippen molar-refractivity contribution < 1.29 is 39.6 Å². The Hall–Kier alpha value is -4.75. The van der Waals surface area contributed by atoms with Crippen LogP contribution in [0.5, 0.6) is 0 Å². The molecule has 38 heavy (non-hydrogen) atoms. The van der Waals surface area contributed by atoms with E-state index in [0.29, 0.717) is 34.2 Å². The van der Waals surface area contributed by atoms with Gasteiger partial charge in [0.15, 0.2) is 0 Å². The number of rotatable bonds is 14. The Balaban J connectivity index is 1.83. The summed E-state index contributed by atoms with van der Waals surface area (Å²) in [7, 11) is 0. The van der Waals surface area contributed by atoms with Crippen LogP contribution < -0.4 is 0 Å². The van der Waals surface area contributed by atoms with Crippen molar-refractivity contribution in [3.8, 4) is 22.8 Å². The van der Waals surface area contributed by atoms with Crippen LogP contribution >= 0.6 is 0 Å². The molecule has 3 aromatic heterocycles. The Bertz CT molecular complexity index is 1200. The summed E-state index contributed by atoms with van der Waals surface area (Å²) in [5, 5.41) is 36.3. The molecule has 0 fully saturated rings. The van der Waals surface area contributed by atoms with Gasteiger partial charge >= 0.3 is 23.9 Å². The zero-order valence-electron chi connectivity index (χ0n) is 20.1. The standard InChI is InChI=1S/C25H25N5O8/c31-22(32)12-29(13-23(33)34)10-16-4-1-6-18(26-16)20-8-3-9-21(28-20)19-7-2-5-17(27-19)11-30(14-24(35)36)15-25(37)38/h1-9H,10-15H2,(H,31,32)(H,33,34)(H,35,36)(H,37,38). The molecule has 3 heterocycles. The summed E-state index contributed by atoms with van der Waals surface area (Å²) in [6.45, 7) is -1.79. The minimum Gasteiger partial charge on any atom is -0.480 e. The zero-order valence-corrected chi connectivity index (χ0v) is 20.1. The predicted molar refractivity (Wildman–Crippen MR) is 132 cm³/mol. The van der Waals surface area contributed by atoms with Crippen LogP contribution in [-0.2, 0) is 32.3 Å². The van der Waals surface area contributed by atoms with Crippen LogP contribution in [0.4, 0.5) is 0 Å². The Morgan fingerprint density at radius 1 is 0.500 bits per heavy atom. The average molecular weight is 524 g/mol. The van der Waals surface area contributed by atoms with Gasteiger partial charge in [-0.05, 0) is 36.4 Å². The molecule has 0 amide bonds. The molecule has 4 N–H and O–H groups in total. The summed E-state index contributed by atoms with van der Waals surface area (Å²) in [4.78, 5) is 60.5. The summed E-state index contributed by atoms with van der Waals surface area (Å²) >= 11 is 0. The molecule has 0 aliphatic heterocycles. The molecule has 3 rings (SSSR count). The van der Waals surface area contributed by atoms with Crippen LogP contribution in [0.15, 0.2) is 54.6 Å². The minimum atomic E-state index is -1.15. The maximum atomic E-state index is 11.1. The smallest absolute Gasteiger partial charge is 0.317 e. The van der Waals surface area contributed by atoms with E-state index < -0.39 is 50.1 Å². The van der Waals surface area contributed by atoms with Gasteiger partial charge in [0.2, 0.25) is 0 Å². The van der Waals surface area contributed by atoms with Gasteiger partial charge in [-0.2, -0.15) is 0 Å². The van der Waals surface area contributed by atoms with Crippen molar-refractivity contribution in [2.24, 2.45) is 0 Å². The molecular weight excluding hydrogens is 498 g/mol. The van der Waals surface area contributed by atoms with Gasteiger partial charge < -0.3 is 20.4 Å². The SMILES string of the molecule is O=C(O)CN(CC(=O)O)Cc1cccc(-c2cccc(-c3cccc(CN(CC(=O)O)CC(=O)O)n3)n2)n1. The molecule has 3 aromatic rings. The third-order valence-corrected chi connectivity index (χ3v) is 5.09. The first kappa shape index (κ1) is 27.8. The number of carboxylic acid groups (broad SMARTS) is 4. The number of carbonyl (C=O) groups is 4. The lowest BCUT2D eigenvalue weighted by Gasteiger charge is -2.18. The maximum absolute atomic E-state index is 11.1. The lowest BCUT2D eigenvalue weighted by molar-refractivity contribution is -0.144. The number of hydrogen-bond donors (Lipinski definition) is 4. The highest BCUT2D eigenvalue weighted by atomic mass is 16.4. The average Bonchev–Trinajstić information content (AvgIpc) is 2.83. The van der Waals surface area contributed by atoms with Gasteiger partial charge in [-0.25, -0.2) is 15.0 Å². The van der Waals surface area contributed by atoms with Gasteiger partial charge in [-0.3, -0.25) is 29.0 Å². The molecule has 13 nitrogen and oxygen atoms in total. The van der Waals surface area contributed by atoms with Crippen molar-refractivity contribution in [2.75, 3.05) is 26.2 Å². The largest absolute Gasteiger partial charge is 0.480 e. The molecule has 0 bridgehead atoms. The summed E-state index contributed by atoms with van der Waals surface area (Å²) < 4.78 is 0. The first-order valence-electron chi connectivity index (χ1n) is 11.3. The summed E-state index contributed by atoms with van der Waals surface area (Å²) in [6, 6.07) is 15.4. The summed E-state index contributed by atoms with van der Waals surface area (Å²) in [6.07, 6.45) is 0. The van der Waals surface area contributed by atoms with Crippen molar-refractivity contribution >= 4 is 23.9 Å². The van der Waals surface area contributed by atoms with Gasteiger partial charge in [-0.15, -0.1) is 0 Å². The number of hydrogen-bond acceptors (Lipinski definition) is 9. The van der Waals surface area contributed by atoms with Crippen molar-refractivity contribution in [3.05, 3.63) is 66.0 Å². The number of nitrogens with zero attached hydrogens (tertiary/aromatic N) is 5. The molecule has 198 valence electrons.